The molecule has 0 aliphatic carbocycles. The molecule has 1 aromatic heterocycles. The number of nitrogens with zero attached hydrogens (tertiary/aromatic N) is 3. The van der Waals surface area contributed by atoms with Gasteiger partial charge in [-0.15, -0.1) is 10.2 Å². The molecule has 8 nitrogen and oxygen atoms in total. The number of H-pyrrole nitrogens is 1. The maximum absolute atomic E-state index is 12.4. The molecular weight excluding hydrogens is 331 g/mol. The summed E-state index contributed by atoms with van der Waals surface area (Å²) >= 11 is 0. The Hall–Kier alpha value is -3.11. The van der Waals surface area contributed by atoms with Crippen molar-refractivity contribution in [2.45, 2.75) is 6.18 Å². The number of carbonyl (C=O) groups is 1. The monoisotopic (exact) mass is 343 g/mol. The Bertz CT molecular complexity index is 838. The second kappa shape index (κ2) is 6.56. The van der Waals surface area contributed by atoms with E-state index in [2.05, 4.69) is 15.3 Å². The number of hydrogen-bond donors (Lipinski definition) is 2. The number of anilines is 1. The van der Waals surface area contributed by atoms with Crippen LogP contribution in [0.3, 0.4) is 0 Å². The molecule has 2 N–H and O–H groups in total. The highest BCUT2D eigenvalue weighted by Crippen LogP contribution is 2.30. The number of alkyl halides is 3. The third-order valence-electron chi connectivity index (χ3n) is 2.88. The van der Waals surface area contributed by atoms with Gasteiger partial charge in [0.25, 0.3) is 5.56 Å². The SMILES string of the molecule is COc1ccccc1N=Nc1c(NC(=O)C(F)(F)F)n(C)[nH]c1=O. The van der Waals surface area contributed by atoms with Crippen LogP contribution in [0.15, 0.2) is 39.3 Å². The van der Waals surface area contributed by atoms with Gasteiger partial charge in [0.1, 0.15) is 11.4 Å². The lowest BCUT2D eigenvalue weighted by molar-refractivity contribution is -0.167. The van der Waals surface area contributed by atoms with Crippen LogP contribution in [0.25, 0.3) is 0 Å². The fraction of sp³-hybridized carbons (Fsp3) is 0.231. The number of methoxy groups -OCH3 is 1. The number of amides is 1. The summed E-state index contributed by atoms with van der Waals surface area (Å²) in [7, 11) is 2.65. The van der Waals surface area contributed by atoms with E-state index < -0.39 is 29.1 Å². The molecule has 0 unspecified atom stereocenters. The van der Waals surface area contributed by atoms with E-state index in [9.17, 15) is 22.8 Å². The second-order valence-corrected chi connectivity index (χ2v) is 4.52. The Labute approximate surface area is 132 Å². The molecule has 0 radical (unpaired) electrons. The number of rotatable bonds is 4. The number of halogens is 3. The van der Waals surface area contributed by atoms with Gasteiger partial charge in [-0.1, -0.05) is 12.1 Å². The molecule has 0 aliphatic heterocycles. The summed E-state index contributed by atoms with van der Waals surface area (Å²) in [5.41, 5.74) is -1.02. The average molecular weight is 343 g/mol. The summed E-state index contributed by atoms with van der Waals surface area (Å²) in [5, 5.41) is 11.2. The molecule has 1 amide bonds. The highest BCUT2D eigenvalue weighted by Gasteiger charge is 2.39. The van der Waals surface area contributed by atoms with Crippen LogP contribution in [0.2, 0.25) is 0 Å². The lowest BCUT2D eigenvalue weighted by Crippen LogP contribution is -2.30. The number of aromatic amines is 1. The van der Waals surface area contributed by atoms with Gasteiger partial charge in [-0.25, -0.2) is 0 Å². The van der Waals surface area contributed by atoms with E-state index in [4.69, 9.17) is 4.74 Å². The van der Waals surface area contributed by atoms with Gasteiger partial charge in [-0.3, -0.25) is 19.4 Å². The Kier molecular flexibility index (Phi) is 4.71. The van der Waals surface area contributed by atoms with E-state index in [1.54, 1.807) is 23.5 Å². The van der Waals surface area contributed by atoms with Gasteiger partial charge < -0.3 is 10.1 Å². The molecule has 2 aromatic rings. The second-order valence-electron chi connectivity index (χ2n) is 4.52. The van der Waals surface area contributed by atoms with Crippen LogP contribution >= 0.6 is 0 Å². The lowest BCUT2D eigenvalue weighted by atomic mass is 10.3. The Morgan fingerprint density at radius 1 is 1.29 bits per heavy atom. The van der Waals surface area contributed by atoms with Gasteiger partial charge in [0, 0.05) is 7.05 Å². The molecule has 11 heteroatoms. The molecule has 0 atom stereocenters. The largest absolute Gasteiger partial charge is 0.494 e. The van der Waals surface area contributed by atoms with Crippen LogP contribution in [-0.4, -0.2) is 29.0 Å². The fourth-order valence-corrected chi connectivity index (χ4v) is 1.76. The van der Waals surface area contributed by atoms with Crippen molar-refractivity contribution < 1.29 is 22.7 Å². The van der Waals surface area contributed by atoms with Gasteiger partial charge in [0.15, 0.2) is 11.5 Å². The van der Waals surface area contributed by atoms with Crippen molar-refractivity contribution in [2.75, 3.05) is 12.4 Å². The highest BCUT2D eigenvalue weighted by molar-refractivity contribution is 5.96. The van der Waals surface area contributed by atoms with Gasteiger partial charge in [0.05, 0.1) is 7.11 Å². The van der Waals surface area contributed by atoms with Crippen molar-refractivity contribution in [3.05, 3.63) is 34.6 Å². The molecule has 0 fully saturated rings. The molecule has 1 heterocycles. The van der Waals surface area contributed by atoms with E-state index in [0.717, 1.165) is 4.68 Å². The first-order chi connectivity index (χ1) is 11.2. The minimum atomic E-state index is -5.11. The minimum absolute atomic E-state index is 0.261. The van der Waals surface area contributed by atoms with Crippen LogP contribution < -0.4 is 15.6 Å². The standard InChI is InChI=1S/C13H12F3N5O3/c1-21-10(17-12(23)13(14,15)16)9(11(22)20-21)19-18-7-5-3-4-6-8(7)24-2/h3-6H,1-2H3,(H,17,23)(H,20,22). The fourth-order valence-electron chi connectivity index (χ4n) is 1.76. The van der Waals surface area contributed by atoms with E-state index in [1.165, 1.54) is 20.2 Å². The molecular formula is C13H12F3N5O3. The van der Waals surface area contributed by atoms with Crippen molar-refractivity contribution in [1.82, 2.24) is 9.78 Å². The van der Waals surface area contributed by atoms with E-state index in [-0.39, 0.29) is 5.69 Å². The Balaban J connectivity index is 2.39. The molecule has 24 heavy (non-hydrogen) atoms. The molecule has 128 valence electrons. The summed E-state index contributed by atoms with van der Waals surface area (Å²) in [6.45, 7) is 0. The number of aromatic nitrogens is 2. The molecule has 0 aliphatic rings. The first kappa shape index (κ1) is 17.2. The highest BCUT2D eigenvalue weighted by atomic mass is 19.4. The first-order valence-electron chi connectivity index (χ1n) is 6.46. The Morgan fingerprint density at radius 3 is 2.58 bits per heavy atom. The maximum atomic E-state index is 12.4. The number of azo groups is 1. The van der Waals surface area contributed by atoms with E-state index in [0.29, 0.717) is 5.75 Å². The number of benzene rings is 1. The molecule has 0 saturated carbocycles. The summed E-state index contributed by atoms with van der Waals surface area (Å²) in [6, 6.07) is 6.45. The number of ether oxygens (including phenoxy) is 1. The zero-order valence-corrected chi connectivity index (χ0v) is 12.5. The summed E-state index contributed by atoms with van der Waals surface area (Å²) < 4.78 is 43.1. The zero-order chi connectivity index (χ0) is 17.9. The van der Waals surface area contributed by atoms with Gasteiger partial charge in [-0.2, -0.15) is 13.2 Å². The maximum Gasteiger partial charge on any atom is 0.471 e. The van der Waals surface area contributed by atoms with Crippen LogP contribution in [0.4, 0.5) is 30.4 Å². The molecule has 1 aromatic carbocycles. The predicted octanol–water partition coefficient (Wildman–Crippen LogP) is 2.64. The number of para-hydroxylation sites is 1. The van der Waals surface area contributed by atoms with Crippen LogP contribution in [0.5, 0.6) is 5.75 Å². The topological polar surface area (TPSA) is 101 Å². The number of hydrogen-bond acceptors (Lipinski definition) is 5. The van der Waals surface area contributed by atoms with Crippen molar-refractivity contribution in [2.24, 2.45) is 17.3 Å². The van der Waals surface area contributed by atoms with Gasteiger partial charge in [0.2, 0.25) is 0 Å². The number of carbonyl (C=O) groups excluding carboxylic acids is 1. The average Bonchev–Trinajstić information content (AvgIpc) is 2.78. The van der Waals surface area contributed by atoms with Gasteiger partial charge >= 0.3 is 12.1 Å². The third kappa shape index (κ3) is 3.62. The molecule has 2 rings (SSSR count). The summed E-state index contributed by atoms with van der Waals surface area (Å²) in [6.07, 6.45) is -5.11. The third-order valence-corrected chi connectivity index (χ3v) is 2.88. The smallest absolute Gasteiger partial charge is 0.471 e. The Morgan fingerprint density at radius 2 is 1.96 bits per heavy atom. The summed E-state index contributed by atoms with van der Waals surface area (Å²) in [4.78, 5) is 22.8. The molecule has 0 bridgehead atoms. The van der Waals surface area contributed by atoms with E-state index in [1.807, 2.05) is 0 Å². The van der Waals surface area contributed by atoms with Crippen molar-refractivity contribution in [3.8, 4) is 5.75 Å². The quantitative estimate of drug-likeness (QED) is 0.835. The van der Waals surface area contributed by atoms with Crippen molar-refractivity contribution in [1.29, 1.82) is 0 Å². The first-order valence-corrected chi connectivity index (χ1v) is 6.46. The van der Waals surface area contributed by atoms with Crippen LogP contribution in [0.1, 0.15) is 0 Å². The number of aryl methyl sites for hydroxylation is 1. The molecule has 0 saturated heterocycles. The lowest BCUT2D eigenvalue weighted by Gasteiger charge is -2.08. The summed E-state index contributed by atoms with van der Waals surface area (Å²) in [5.74, 6) is -2.33. The minimum Gasteiger partial charge on any atom is -0.494 e. The zero-order valence-electron chi connectivity index (χ0n) is 12.5. The van der Waals surface area contributed by atoms with Crippen LogP contribution in [0, 0.1) is 0 Å². The van der Waals surface area contributed by atoms with Crippen LogP contribution in [-0.2, 0) is 11.8 Å². The van der Waals surface area contributed by atoms with E-state index >= 15 is 0 Å². The van der Waals surface area contributed by atoms with Crippen molar-refractivity contribution in [3.63, 3.8) is 0 Å². The van der Waals surface area contributed by atoms with Crippen molar-refractivity contribution >= 4 is 23.1 Å². The molecule has 0 spiro atoms. The number of nitrogens with one attached hydrogen (secondary N) is 2. The predicted molar refractivity (Wildman–Crippen MR) is 77.9 cm³/mol. The normalized spacial score (nSPS) is 11.7. The van der Waals surface area contributed by atoms with Gasteiger partial charge in [-0.05, 0) is 12.1 Å².